The van der Waals surface area contributed by atoms with Crippen molar-refractivity contribution in [2.75, 3.05) is 0 Å². The van der Waals surface area contributed by atoms with Gasteiger partial charge in [0.1, 0.15) is 11.3 Å². The Bertz CT molecular complexity index is 1170. The van der Waals surface area contributed by atoms with Gasteiger partial charge in [0, 0.05) is 10.9 Å². The van der Waals surface area contributed by atoms with Crippen molar-refractivity contribution in [3.63, 3.8) is 0 Å². The predicted molar refractivity (Wildman–Crippen MR) is 101 cm³/mol. The molecule has 0 aliphatic carbocycles. The van der Waals surface area contributed by atoms with Gasteiger partial charge in [0.05, 0.1) is 11.1 Å². The number of furan rings is 1. The molecule has 0 saturated heterocycles. The molecule has 134 valence electrons. The summed E-state index contributed by atoms with van der Waals surface area (Å²) in [4.78, 5) is 24.8. The van der Waals surface area contributed by atoms with Crippen molar-refractivity contribution < 1.29 is 18.4 Å². The highest BCUT2D eigenvalue weighted by atomic mass is 16.5. The lowest BCUT2D eigenvalue weighted by molar-refractivity contribution is 0.0731. The summed E-state index contributed by atoms with van der Waals surface area (Å²) < 4.78 is 16.8. The molecule has 0 bridgehead atoms. The van der Waals surface area contributed by atoms with Gasteiger partial charge < -0.3 is 13.6 Å². The molecule has 2 heterocycles. The van der Waals surface area contributed by atoms with E-state index in [1.807, 2.05) is 30.3 Å². The van der Waals surface area contributed by atoms with E-state index in [2.05, 4.69) is 0 Å². The molecule has 0 spiro atoms. The maximum absolute atomic E-state index is 12.4. The number of rotatable bonds is 3. The van der Waals surface area contributed by atoms with Crippen LogP contribution >= 0.6 is 0 Å². The second-order valence-corrected chi connectivity index (χ2v) is 6.20. The number of ether oxygens (including phenoxy) is 1. The largest absolute Gasteiger partial charge is 0.453 e. The molecular weight excluding hydrogens is 344 g/mol. The number of benzene rings is 2. The molecule has 0 atom stereocenters. The molecule has 5 nitrogen and oxygen atoms in total. The number of esters is 1. The Morgan fingerprint density at radius 2 is 1.59 bits per heavy atom. The number of hydrogen-bond donors (Lipinski definition) is 0. The van der Waals surface area contributed by atoms with Crippen LogP contribution in [0.5, 0.6) is 5.75 Å². The number of para-hydroxylation sites is 1. The molecule has 27 heavy (non-hydrogen) atoms. The zero-order chi connectivity index (χ0) is 19.0. The first-order chi connectivity index (χ1) is 13.0. The van der Waals surface area contributed by atoms with Crippen LogP contribution in [0.1, 0.15) is 21.5 Å². The lowest BCUT2D eigenvalue weighted by atomic mass is 10.1. The van der Waals surface area contributed by atoms with Gasteiger partial charge in [0.25, 0.3) is 0 Å². The smallest absolute Gasteiger partial charge is 0.343 e. The van der Waals surface area contributed by atoms with Crippen LogP contribution in [0.4, 0.5) is 0 Å². The van der Waals surface area contributed by atoms with Gasteiger partial charge in [0.2, 0.25) is 0 Å². The van der Waals surface area contributed by atoms with E-state index in [1.165, 1.54) is 0 Å². The number of hydrogen-bond acceptors (Lipinski definition) is 5. The second kappa shape index (κ2) is 6.61. The normalized spacial score (nSPS) is 10.9. The van der Waals surface area contributed by atoms with E-state index in [-0.39, 0.29) is 17.1 Å². The molecule has 0 N–H and O–H groups in total. The van der Waals surface area contributed by atoms with Crippen LogP contribution < -0.4 is 10.4 Å². The Kier molecular flexibility index (Phi) is 4.12. The van der Waals surface area contributed by atoms with Crippen molar-refractivity contribution in [1.29, 1.82) is 0 Å². The summed E-state index contributed by atoms with van der Waals surface area (Å²) in [6.45, 7) is 3.29. The molecule has 0 unspecified atom stereocenters. The van der Waals surface area contributed by atoms with Gasteiger partial charge in [-0.1, -0.05) is 36.4 Å². The number of fused-ring (bicyclic) bond motifs is 1. The van der Waals surface area contributed by atoms with E-state index in [9.17, 15) is 9.59 Å². The van der Waals surface area contributed by atoms with E-state index in [1.54, 1.807) is 44.2 Å². The highest BCUT2D eigenvalue weighted by molar-refractivity contribution is 5.91. The quantitative estimate of drug-likeness (QED) is 0.487. The third-order valence-electron chi connectivity index (χ3n) is 4.38. The monoisotopic (exact) mass is 360 g/mol. The minimum absolute atomic E-state index is 0.190. The van der Waals surface area contributed by atoms with Gasteiger partial charge in [-0.3, -0.25) is 0 Å². The van der Waals surface area contributed by atoms with Gasteiger partial charge in [-0.2, -0.15) is 0 Å². The van der Waals surface area contributed by atoms with Crippen LogP contribution in [0.3, 0.4) is 0 Å². The van der Waals surface area contributed by atoms with Gasteiger partial charge >= 0.3 is 11.6 Å². The van der Waals surface area contributed by atoms with E-state index in [0.29, 0.717) is 22.5 Å². The van der Waals surface area contributed by atoms with Crippen molar-refractivity contribution in [1.82, 2.24) is 0 Å². The fraction of sp³-hybridized carbons (Fsp3) is 0.0909. The van der Waals surface area contributed by atoms with Crippen LogP contribution in [0.15, 0.2) is 74.3 Å². The molecule has 2 aromatic carbocycles. The van der Waals surface area contributed by atoms with Crippen LogP contribution in [0, 0.1) is 13.8 Å². The molecule has 4 rings (SSSR count). The Balaban J connectivity index is 1.81. The molecule has 0 aliphatic heterocycles. The van der Waals surface area contributed by atoms with Crippen molar-refractivity contribution in [2.24, 2.45) is 0 Å². The highest BCUT2D eigenvalue weighted by Gasteiger charge is 2.22. The molecule has 0 aliphatic rings. The minimum Gasteiger partial charge on any atom is -0.453 e. The van der Waals surface area contributed by atoms with Crippen molar-refractivity contribution in [3.8, 4) is 17.3 Å². The molecule has 0 saturated carbocycles. The van der Waals surface area contributed by atoms with E-state index in [0.717, 1.165) is 5.39 Å². The van der Waals surface area contributed by atoms with Gasteiger partial charge in [-0.05, 0) is 38.1 Å². The zero-order valence-corrected chi connectivity index (χ0v) is 14.8. The van der Waals surface area contributed by atoms with Gasteiger partial charge in [0.15, 0.2) is 11.5 Å². The summed E-state index contributed by atoms with van der Waals surface area (Å²) in [5.74, 6) is 0.305. The number of carbonyl (C=O) groups is 1. The molecule has 2 aromatic heterocycles. The predicted octanol–water partition coefficient (Wildman–Crippen LogP) is 4.89. The molecule has 0 amide bonds. The van der Waals surface area contributed by atoms with Gasteiger partial charge in [-0.15, -0.1) is 0 Å². The SMILES string of the molecule is Cc1c(-c2cc3ccccc3o2)oc(=O)c(C)c1OC(=O)c1ccccc1. The summed E-state index contributed by atoms with van der Waals surface area (Å²) in [7, 11) is 0. The first-order valence-electron chi connectivity index (χ1n) is 8.45. The zero-order valence-electron chi connectivity index (χ0n) is 14.8. The third kappa shape index (κ3) is 3.04. The third-order valence-corrected chi connectivity index (χ3v) is 4.38. The summed E-state index contributed by atoms with van der Waals surface area (Å²) in [5.41, 5.74) is 1.26. The summed E-state index contributed by atoms with van der Waals surface area (Å²) in [6.07, 6.45) is 0. The summed E-state index contributed by atoms with van der Waals surface area (Å²) in [6, 6.07) is 17.9. The molecule has 0 fully saturated rings. The first-order valence-corrected chi connectivity index (χ1v) is 8.45. The Morgan fingerprint density at radius 1 is 0.889 bits per heavy atom. The molecule has 4 aromatic rings. The number of carbonyl (C=O) groups excluding carboxylic acids is 1. The van der Waals surface area contributed by atoms with Crippen molar-refractivity contribution in [3.05, 3.63) is 87.8 Å². The average Bonchev–Trinajstić information content (AvgIpc) is 3.12. The fourth-order valence-corrected chi connectivity index (χ4v) is 2.93. The molecule has 5 heteroatoms. The van der Waals surface area contributed by atoms with Crippen molar-refractivity contribution in [2.45, 2.75) is 13.8 Å². The average molecular weight is 360 g/mol. The van der Waals surface area contributed by atoms with E-state index in [4.69, 9.17) is 13.6 Å². The van der Waals surface area contributed by atoms with Crippen LogP contribution in [0.25, 0.3) is 22.5 Å². The highest BCUT2D eigenvalue weighted by Crippen LogP contribution is 2.34. The van der Waals surface area contributed by atoms with Crippen LogP contribution in [0.2, 0.25) is 0 Å². The Labute approximate surface area is 154 Å². The van der Waals surface area contributed by atoms with E-state index >= 15 is 0 Å². The lowest BCUT2D eigenvalue weighted by Crippen LogP contribution is -2.15. The maximum Gasteiger partial charge on any atom is 0.343 e. The summed E-state index contributed by atoms with van der Waals surface area (Å²) >= 11 is 0. The Morgan fingerprint density at radius 3 is 2.33 bits per heavy atom. The fourth-order valence-electron chi connectivity index (χ4n) is 2.93. The summed E-state index contributed by atoms with van der Waals surface area (Å²) in [5, 5.41) is 0.887. The lowest BCUT2D eigenvalue weighted by Gasteiger charge is -2.11. The van der Waals surface area contributed by atoms with Crippen LogP contribution in [-0.2, 0) is 0 Å². The standard InChI is InChI=1S/C22H16O5/c1-13-19(26-22(24)15-8-4-3-5-9-15)14(2)21(23)27-20(13)18-12-16-10-6-7-11-17(16)25-18/h3-12H,1-2H3. The second-order valence-electron chi connectivity index (χ2n) is 6.20. The minimum atomic E-state index is -0.577. The van der Waals surface area contributed by atoms with Gasteiger partial charge in [-0.25, -0.2) is 9.59 Å². The maximum atomic E-state index is 12.4. The Hall–Kier alpha value is -3.60. The molecular formula is C22H16O5. The molecule has 0 radical (unpaired) electrons. The van der Waals surface area contributed by atoms with E-state index < -0.39 is 11.6 Å². The van der Waals surface area contributed by atoms with Crippen molar-refractivity contribution >= 4 is 16.9 Å². The topological polar surface area (TPSA) is 69.7 Å². The van der Waals surface area contributed by atoms with Crippen LogP contribution in [-0.4, -0.2) is 5.97 Å². The first kappa shape index (κ1) is 16.8.